The van der Waals surface area contributed by atoms with E-state index in [1.165, 1.54) is 6.07 Å². The second-order valence-corrected chi connectivity index (χ2v) is 4.79. The van der Waals surface area contributed by atoms with Crippen LogP contribution in [0.3, 0.4) is 0 Å². The van der Waals surface area contributed by atoms with Crippen molar-refractivity contribution in [2.24, 2.45) is 0 Å². The van der Waals surface area contributed by atoms with Crippen LogP contribution in [0.15, 0.2) is 30.7 Å². The number of rotatable bonds is 3. The highest BCUT2D eigenvalue weighted by atomic mass is 35.5. The fourth-order valence-corrected chi connectivity index (χ4v) is 2.36. The van der Waals surface area contributed by atoms with Gasteiger partial charge in [0.05, 0.1) is 11.9 Å². The molecule has 0 aliphatic rings. The SMILES string of the molecule is O=C(Nc1cc(Cl)cc2[nH]cc(-c3cn[nH]c3)c12)C(F)F. The summed E-state index contributed by atoms with van der Waals surface area (Å²) in [4.78, 5) is 14.2. The number of halogens is 3. The summed E-state index contributed by atoms with van der Waals surface area (Å²) in [7, 11) is 0. The molecule has 0 atom stereocenters. The molecule has 1 amide bonds. The summed E-state index contributed by atoms with van der Waals surface area (Å²) in [6.45, 7) is 0. The van der Waals surface area contributed by atoms with Crippen LogP contribution in [0.2, 0.25) is 5.02 Å². The molecule has 3 N–H and O–H groups in total. The van der Waals surface area contributed by atoms with Crippen LogP contribution in [0.4, 0.5) is 14.5 Å². The van der Waals surface area contributed by atoms with E-state index in [1.807, 2.05) is 0 Å². The van der Waals surface area contributed by atoms with E-state index in [0.29, 0.717) is 15.9 Å². The van der Waals surface area contributed by atoms with Crippen LogP contribution in [0.5, 0.6) is 0 Å². The first-order valence-electron chi connectivity index (χ1n) is 5.95. The third-order valence-corrected chi connectivity index (χ3v) is 3.23. The number of aromatic nitrogens is 3. The molecule has 0 radical (unpaired) electrons. The first-order chi connectivity index (χ1) is 10.1. The number of anilines is 1. The van der Waals surface area contributed by atoms with E-state index in [0.717, 1.165) is 11.1 Å². The zero-order valence-corrected chi connectivity index (χ0v) is 11.2. The normalized spacial score (nSPS) is 11.2. The van der Waals surface area contributed by atoms with Crippen LogP contribution < -0.4 is 5.32 Å². The lowest BCUT2D eigenvalue weighted by molar-refractivity contribution is -0.126. The van der Waals surface area contributed by atoms with Gasteiger partial charge in [0.25, 0.3) is 5.91 Å². The van der Waals surface area contributed by atoms with Crippen molar-refractivity contribution in [1.29, 1.82) is 0 Å². The Hall–Kier alpha value is -2.41. The molecule has 0 saturated carbocycles. The molecular weight excluding hydrogens is 302 g/mol. The standard InChI is InChI=1S/C13H9ClF2N4O/c14-7-1-9-11(10(2-7)20-13(21)12(15)16)8(5-17-9)6-3-18-19-4-6/h1-5,12,17H,(H,18,19)(H,20,21). The topological polar surface area (TPSA) is 73.6 Å². The highest BCUT2D eigenvalue weighted by molar-refractivity contribution is 6.32. The van der Waals surface area contributed by atoms with E-state index in [2.05, 4.69) is 20.5 Å². The molecule has 3 rings (SSSR count). The van der Waals surface area contributed by atoms with E-state index >= 15 is 0 Å². The lowest BCUT2D eigenvalue weighted by Gasteiger charge is -2.08. The van der Waals surface area contributed by atoms with Gasteiger partial charge in [-0.3, -0.25) is 9.89 Å². The van der Waals surface area contributed by atoms with Gasteiger partial charge in [-0.2, -0.15) is 13.9 Å². The number of amides is 1. The third kappa shape index (κ3) is 2.47. The largest absolute Gasteiger partial charge is 0.360 e. The number of benzene rings is 1. The monoisotopic (exact) mass is 310 g/mol. The molecule has 2 heterocycles. The average Bonchev–Trinajstić information content (AvgIpc) is 3.05. The molecule has 0 saturated heterocycles. The minimum atomic E-state index is -3.10. The Balaban J connectivity index is 2.17. The summed E-state index contributed by atoms with van der Waals surface area (Å²) in [6, 6.07) is 3.08. The summed E-state index contributed by atoms with van der Waals surface area (Å²) in [6.07, 6.45) is 1.85. The van der Waals surface area contributed by atoms with E-state index < -0.39 is 12.3 Å². The predicted octanol–water partition coefficient (Wildman–Crippen LogP) is 3.42. The lowest BCUT2D eigenvalue weighted by Crippen LogP contribution is -2.20. The number of carbonyl (C=O) groups excluding carboxylic acids is 1. The van der Waals surface area contributed by atoms with Crippen molar-refractivity contribution in [1.82, 2.24) is 15.2 Å². The number of nitrogens with zero attached hydrogens (tertiary/aromatic N) is 1. The maximum Gasteiger partial charge on any atom is 0.315 e. The zero-order valence-electron chi connectivity index (χ0n) is 10.5. The minimum Gasteiger partial charge on any atom is -0.360 e. The van der Waals surface area contributed by atoms with Crippen LogP contribution in [-0.2, 0) is 4.79 Å². The lowest BCUT2D eigenvalue weighted by atomic mass is 10.1. The van der Waals surface area contributed by atoms with Crippen LogP contribution in [0.25, 0.3) is 22.0 Å². The van der Waals surface area contributed by atoms with Crippen molar-refractivity contribution in [3.8, 4) is 11.1 Å². The Kier molecular flexibility index (Phi) is 3.34. The molecule has 0 aliphatic heterocycles. The summed E-state index contributed by atoms with van der Waals surface area (Å²) < 4.78 is 24.9. The second kappa shape index (κ2) is 5.17. The number of fused-ring (bicyclic) bond motifs is 1. The minimum absolute atomic E-state index is 0.222. The molecule has 0 spiro atoms. The molecule has 0 bridgehead atoms. The van der Waals surface area contributed by atoms with Gasteiger partial charge in [0, 0.05) is 39.4 Å². The van der Waals surface area contributed by atoms with Gasteiger partial charge in [-0.25, -0.2) is 0 Å². The quantitative estimate of drug-likeness (QED) is 0.693. The smallest absolute Gasteiger partial charge is 0.315 e. The summed E-state index contributed by atoms with van der Waals surface area (Å²) in [5.41, 5.74) is 2.33. The van der Waals surface area contributed by atoms with Crippen molar-refractivity contribution >= 4 is 34.1 Å². The van der Waals surface area contributed by atoms with Gasteiger partial charge in [-0.05, 0) is 12.1 Å². The fourth-order valence-electron chi connectivity index (χ4n) is 2.14. The van der Waals surface area contributed by atoms with Crippen molar-refractivity contribution in [2.75, 3.05) is 5.32 Å². The van der Waals surface area contributed by atoms with E-state index in [-0.39, 0.29) is 5.69 Å². The third-order valence-electron chi connectivity index (χ3n) is 3.01. The Morgan fingerprint density at radius 3 is 2.81 bits per heavy atom. The predicted molar refractivity (Wildman–Crippen MR) is 75.5 cm³/mol. The molecule has 0 unspecified atom stereocenters. The van der Waals surface area contributed by atoms with Crippen LogP contribution in [0.1, 0.15) is 0 Å². The van der Waals surface area contributed by atoms with Gasteiger partial charge in [0.2, 0.25) is 0 Å². The van der Waals surface area contributed by atoms with E-state index in [9.17, 15) is 13.6 Å². The molecular formula is C13H9ClF2N4O. The first kappa shape index (κ1) is 13.6. The van der Waals surface area contributed by atoms with Crippen molar-refractivity contribution < 1.29 is 13.6 Å². The van der Waals surface area contributed by atoms with Crippen molar-refractivity contribution in [3.05, 3.63) is 35.7 Å². The molecule has 21 heavy (non-hydrogen) atoms. The number of H-pyrrole nitrogens is 2. The van der Waals surface area contributed by atoms with Gasteiger partial charge in [0.15, 0.2) is 0 Å². The van der Waals surface area contributed by atoms with Gasteiger partial charge < -0.3 is 10.3 Å². The highest BCUT2D eigenvalue weighted by Crippen LogP contribution is 2.36. The molecule has 0 fully saturated rings. The molecule has 8 heteroatoms. The van der Waals surface area contributed by atoms with Gasteiger partial charge in [-0.15, -0.1) is 0 Å². The van der Waals surface area contributed by atoms with Crippen molar-refractivity contribution in [3.63, 3.8) is 0 Å². The van der Waals surface area contributed by atoms with Crippen LogP contribution in [0, 0.1) is 0 Å². The molecule has 3 aromatic rings. The number of hydrogen-bond donors (Lipinski definition) is 3. The number of alkyl halides is 2. The van der Waals surface area contributed by atoms with Crippen molar-refractivity contribution in [2.45, 2.75) is 6.43 Å². The van der Waals surface area contributed by atoms with Crippen LogP contribution >= 0.6 is 11.6 Å². The van der Waals surface area contributed by atoms with Gasteiger partial charge in [0.1, 0.15) is 0 Å². The van der Waals surface area contributed by atoms with E-state index in [1.54, 1.807) is 24.7 Å². The maximum atomic E-state index is 12.4. The second-order valence-electron chi connectivity index (χ2n) is 4.36. The number of aromatic amines is 2. The molecule has 5 nitrogen and oxygen atoms in total. The Morgan fingerprint density at radius 1 is 1.33 bits per heavy atom. The van der Waals surface area contributed by atoms with Gasteiger partial charge in [-0.1, -0.05) is 11.6 Å². The average molecular weight is 311 g/mol. The Labute approximate surface area is 122 Å². The molecule has 0 aliphatic carbocycles. The first-order valence-corrected chi connectivity index (χ1v) is 6.33. The number of hydrogen-bond acceptors (Lipinski definition) is 2. The fraction of sp³-hybridized carbons (Fsp3) is 0.0769. The highest BCUT2D eigenvalue weighted by Gasteiger charge is 2.19. The molecule has 108 valence electrons. The number of nitrogens with one attached hydrogen (secondary N) is 3. The summed E-state index contributed by atoms with van der Waals surface area (Å²) >= 11 is 5.94. The Morgan fingerprint density at radius 2 is 2.14 bits per heavy atom. The molecule has 2 aromatic heterocycles. The summed E-state index contributed by atoms with van der Waals surface area (Å²) in [5, 5.41) is 9.63. The molecule has 1 aromatic carbocycles. The number of carbonyl (C=O) groups is 1. The van der Waals surface area contributed by atoms with Crippen LogP contribution in [-0.4, -0.2) is 27.5 Å². The summed E-state index contributed by atoms with van der Waals surface area (Å²) in [5.74, 6) is -1.38. The van der Waals surface area contributed by atoms with Gasteiger partial charge >= 0.3 is 6.43 Å². The maximum absolute atomic E-state index is 12.4. The zero-order chi connectivity index (χ0) is 15.0. The van der Waals surface area contributed by atoms with E-state index in [4.69, 9.17) is 11.6 Å². The Bertz CT molecular complexity index is 798.